The first kappa shape index (κ1) is 20.2. The van der Waals surface area contributed by atoms with Gasteiger partial charge in [0.15, 0.2) is 5.05 Å². The van der Waals surface area contributed by atoms with Crippen LogP contribution in [0.5, 0.6) is 0 Å². The second-order valence-electron chi connectivity index (χ2n) is 4.76. The quantitative estimate of drug-likeness (QED) is 0.305. The predicted molar refractivity (Wildman–Crippen MR) is 87.4 cm³/mol. The van der Waals surface area contributed by atoms with Gasteiger partial charge in [-0.3, -0.25) is 0 Å². The first-order valence-electron chi connectivity index (χ1n) is 7.46. The Morgan fingerprint density at radius 1 is 0.778 bits per heavy atom. The second kappa shape index (κ2) is 16.9. The molecule has 18 heavy (non-hydrogen) atoms. The van der Waals surface area contributed by atoms with Crippen LogP contribution in [0.1, 0.15) is 91.9 Å². The molecule has 0 fully saturated rings. The Morgan fingerprint density at radius 3 is 1.67 bits per heavy atom. The lowest BCUT2D eigenvalue weighted by molar-refractivity contribution is 0.293. The Hall–Kier alpha value is -0.110. The van der Waals surface area contributed by atoms with E-state index in [2.05, 4.69) is 6.92 Å². The smallest absolute Gasteiger partial charge is 0.159 e. The van der Waals surface area contributed by atoms with E-state index in [4.69, 9.17) is 17.0 Å². The molecule has 0 bridgehead atoms. The van der Waals surface area contributed by atoms with Gasteiger partial charge >= 0.3 is 0 Å². The Balaban J connectivity index is 0. The van der Waals surface area contributed by atoms with Gasteiger partial charge in [-0.15, -0.1) is 0 Å². The lowest BCUT2D eigenvalue weighted by Crippen LogP contribution is -2.01. The van der Waals surface area contributed by atoms with Gasteiger partial charge in [0, 0.05) is 6.42 Å². The van der Waals surface area contributed by atoms with E-state index in [-0.39, 0.29) is 7.43 Å². The maximum absolute atomic E-state index is 5.39. The summed E-state index contributed by atoms with van der Waals surface area (Å²) in [5.41, 5.74) is 0. The molecule has 110 valence electrons. The van der Waals surface area contributed by atoms with Gasteiger partial charge in [0.05, 0.1) is 6.61 Å². The van der Waals surface area contributed by atoms with E-state index >= 15 is 0 Å². The monoisotopic (exact) mass is 274 g/mol. The zero-order valence-electron chi connectivity index (χ0n) is 11.8. The highest BCUT2D eigenvalue weighted by Crippen LogP contribution is 2.10. The van der Waals surface area contributed by atoms with E-state index in [9.17, 15) is 0 Å². The molecule has 1 nitrogen and oxygen atoms in total. The zero-order chi connectivity index (χ0) is 12.8. The van der Waals surface area contributed by atoms with Crippen LogP contribution in [0.3, 0.4) is 0 Å². The molecule has 0 unspecified atom stereocenters. The average molecular weight is 275 g/mol. The van der Waals surface area contributed by atoms with Gasteiger partial charge in [0.2, 0.25) is 0 Å². The molecule has 0 saturated carbocycles. The normalized spacial score (nSPS) is 9.89. The largest absolute Gasteiger partial charge is 0.487 e. The van der Waals surface area contributed by atoms with Crippen molar-refractivity contribution in [3.8, 4) is 0 Å². The third-order valence-corrected chi connectivity index (χ3v) is 3.46. The Bertz CT molecular complexity index is 168. The molecule has 0 amide bonds. The lowest BCUT2D eigenvalue weighted by Gasteiger charge is -2.05. The van der Waals surface area contributed by atoms with Crippen LogP contribution in [-0.2, 0) is 4.74 Å². The van der Waals surface area contributed by atoms with Crippen molar-refractivity contribution >= 4 is 17.3 Å². The molecule has 0 atom stereocenters. The second-order valence-corrected chi connectivity index (χ2v) is 5.21. The van der Waals surface area contributed by atoms with E-state index in [0.29, 0.717) is 0 Å². The van der Waals surface area contributed by atoms with Crippen molar-refractivity contribution in [2.45, 2.75) is 91.9 Å². The fourth-order valence-electron chi connectivity index (χ4n) is 1.88. The fourth-order valence-corrected chi connectivity index (χ4v) is 1.96. The number of thiocarbonyl (C=S) groups is 1. The molecule has 0 aliphatic carbocycles. The van der Waals surface area contributed by atoms with Gasteiger partial charge in [-0.2, -0.15) is 0 Å². The number of hydrogen-bond acceptors (Lipinski definition) is 2. The summed E-state index contributed by atoms with van der Waals surface area (Å²) in [5, 5.41) is 0.765. The van der Waals surface area contributed by atoms with Gasteiger partial charge in [0.1, 0.15) is 0 Å². The van der Waals surface area contributed by atoms with Crippen LogP contribution in [0.25, 0.3) is 0 Å². The van der Waals surface area contributed by atoms with Gasteiger partial charge < -0.3 is 4.74 Å². The fraction of sp³-hybridized carbons (Fsp3) is 0.938. The minimum Gasteiger partial charge on any atom is -0.487 e. The maximum atomic E-state index is 5.39. The SMILES string of the molecule is C.CCCCCCCCCCCCOC(=S)CC. The molecule has 2 heteroatoms. The summed E-state index contributed by atoms with van der Waals surface area (Å²) in [7, 11) is 0. The van der Waals surface area contributed by atoms with E-state index < -0.39 is 0 Å². The highest BCUT2D eigenvalue weighted by atomic mass is 32.1. The van der Waals surface area contributed by atoms with Gasteiger partial charge in [-0.25, -0.2) is 0 Å². The predicted octanol–water partition coefficient (Wildman–Crippen LogP) is 6.30. The highest BCUT2D eigenvalue weighted by molar-refractivity contribution is 7.80. The molecule has 0 N–H and O–H groups in total. The molecule has 0 aromatic carbocycles. The van der Waals surface area contributed by atoms with Crippen LogP contribution in [0, 0.1) is 0 Å². The average Bonchev–Trinajstić information content (AvgIpc) is 2.35. The Labute approximate surface area is 121 Å². The summed E-state index contributed by atoms with van der Waals surface area (Å²) in [6.45, 7) is 5.14. The molecule has 0 aromatic rings. The topological polar surface area (TPSA) is 9.23 Å². The minimum absolute atomic E-state index is 0. The molecule has 0 rings (SSSR count). The van der Waals surface area contributed by atoms with Gasteiger partial charge in [-0.1, -0.05) is 79.1 Å². The Morgan fingerprint density at radius 2 is 1.22 bits per heavy atom. The van der Waals surface area contributed by atoms with E-state index in [1.165, 1.54) is 57.8 Å². The van der Waals surface area contributed by atoms with Crippen molar-refractivity contribution in [3.05, 3.63) is 0 Å². The lowest BCUT2D eigenvalue weighted by atomic mass is 10.1. The van der Waals surface area contributed by atoms with Gasteiger partial charge in [0.25, 0.3) is 0 Å². The Kier molecular flexibility index (Phi) is 19.0. The van der Waals surface area contributed by atoms with E-state index in [1.807, 2.05) is 6.92 Å². The molecule has 0 spiro atoms. The van der Waals surface area contributed by atoms with Crippen LogP contribution in [0.4, 0.5) is 0 Å². The third kappa shape index (κ3) is 15.9. The van der Waals surface area contributed by atoms with Gasteiger partial charge in [-0.05, 0) is 18.6 Å². The maximum Gasteiger partial charge on any atom is 0.159 e. The molecule has 0 radical (unpaired) electrons. The molecule has 0 aliphatic heterocycles. The number of rotatable bonds is 12. The van der Waals surface area contributed by atoms with Crippen molar-refractivity contribution < 1.29 is 4.74 Å². The summed E-state index contributed by atoms with van der Waals surface area (Å²) in [5.74, 6) is 0. The summed E-state index contributed by atoms with van der Waals surface area (Å²) < 4.78 is 5.39. The van der Waals surface area contributed by atoms with Crippen molar-refractivity contribution in [2.24, 2.45) is 0 Å². The van der Waals surface area contributed by atoms with E-state index in [1.54, 1.807) is 0 Å². The number of unbranched alkanes of at least 4 members (excludes halogenated alkanes) is 9. The first-order chi connectivity index (χ1) is 8.31. The number of ether oxygens (including phenoxy) is 1. The van der Waals surface area contributed by atoms with Crippen LogP contribution in [0.15, 0.2) is 0 Å². The highest BCUT2D eigenvalue weighted by Gasteiger charge is 1.94. The minimum atomic E-state index is 0. The van der Waals surface area contributed by atoms with Crippen molar-refractivity contribution in [3.63, 3.8) is 0 Å². The molecular weight excluding hydrogens is 240 g/mol. The van der Waals surface area contributed by atoms with Crippen molar-refractivity contribution in [1.82, 2.24) is 0 Å². The number of hydrogen-bond donors (Lipinski definition) is 0. The molecule has 0 aliphatic rings. The molecular formula is C16H34OS. The van der Waals surface area contributed by atoms with Crippen LogP contribution >= 0.6 is 12.2 Å². The van der Waals surface area contributed by atoms with Crippen molar-refractivity contribution in [1.29, 1.82) is 0 Å². The summed E-state index contributed by atoms with van der Waals surface area (Å²) >= 11 is 5.00. The summed E-state index contributed by atoms with van der Waals surface area (Å²) in [6, 6.07) is 0. The van der Waals surface area contributed by atoms with Crippen LogP contribution in [-0.4, -0.2) is 11.7 Å². The zero-order valence-corrected chi connectivity index (χ0v) is 12.6. The first-order valence-corrected chi connectivity index (χ1v) is 7.87. The van der Waals surface area contributed by atoms with Crippen LogP contribution in [0.2, 0.25) is 0 Å². The van der Waals surface area contributed by atoms with Crippen molar-refractivity contribution in [2.75, 3.05) is 6.61 Å². The third-order valence-electron chi connectivity index (χ3n) is 3.05. The summed E-state index contributed by atoms with van der Waals surface area (Å²) in [6.07, 6.45) is 14.5. The molecule has 0 aromatic heterocycles. The van der Waals surface area contributed by atoms with Crippen LogP contribution < -0.4 is 0 Å². The standard InChI is InChI=1S/C15H30OS.CH4/c1-3-5-6-7-8-9-10-11-12-13-14-16-15(17)4-2;/h3-14H2,1-2H3;1H4. The molecule has 0 saturated heterocycles. The molecule has 0 heterocycles. The van der Waals surface area contributed by atoms with E-state index in [0.717, 1.165) is 24.5 Å². The summed E-state index contributed by atoms with van der Waals surface area (Å²) in [4.78, 5) is 0.